The largest absolute Gasteiger partial charge is 0.497 e. The van der Waals surface area contributed by atoms with Crippen LogP contribution >= 0.6 is 0 Å². The molecule has 5 nitrogen and oxygen atoms in total. The zero-order valence-electron chi connectivity index (χ0n) is 25.1. The Morgan fingerprint density at radius 1 is 0.854 bits per heavy atom. The summed E-state index contributed by atoms with van der Waals surface area (Å²) >= 11 is 0. The lowest BCUT2D eigenvalue weighted by Gasteiger charge is -2.45. The van der Waals surface area contributed by atoms with Crippen LogP contribution in [-0.4, -0.2) is 61.8 Å². The fraction of sp³-hybridized carbons (Fsp3) is 0.472. The van der Waals surface area contributed by atoms with Gasteiger partial charge in [0.25, 0.3) is 0 Å². The van der Waals surface area contributed by atoms with Crippen molar-refractivity contribution in [3.8, 4) is 5.75 Å². The first-order chi connectivity index (χ1) is 19.9. The van der Waals surface area contributed by atoms with E-state index in [9.17, 15) is 4.79 Å². The van der Waals surface area contributed by atoms with Crippen LogP contribution in [0.2, 0.25) is 0 Å². The molecule has 41 heavy (non-hydrogen) atoms. The molecule has 2 aliphatic rings. The molecule has 0 radical (unpaired) electrons. The minimum absolute atomic E-state index is 0.0936. The average molecular weight is 555 g/mol. The molecular formula is C36H46N2O3. The molecule has 2 fully saturated rings. The maximum Gasteiger partial charge on any atom is 0.410 e. The average Bonchev–Trinajstić information content (AvgIpc) is 3.81. The standard InChI is InChI=1S/C36H46N2O3/c1-4-29(2)41-34(39)38(24-19-30-11-7-5-8-12-30)28-36(31-13-9-6-10-14-31)22-25-37(26-23-36)27-35(20-21-35)32-15-17-33(40-3)18-16-32/h5-18,29H,4,19-28H2,1-3H3. The van der Waals surface area contributed by atoms with Crippen molar-refractivity contribution in [2.24, 2.45) is 0 Å². The van der Waals surface area contributed by atoms with Crippen LogP contribution in [0.5, 0.6) is 5.75 Å². The number of benzene rings is 3. The fourth-order valence-electron chi connectivity index (χ4n) is 6.37. The van der Waals surface area contributed by atoms with E-state index < -0.39 is 0 Å². The van der Waals surface area contributed by atoms with Gasteiger partial charge in [0, 0.05) is 30.5 Å². The third-order valence-corrected chi connectivity index (χ3v) is 9.42. The summed E-state index contributed by atoms with van der Waals surface area (Å²) in [4.78, 5) is 18.2. The highest BCUT2D eigenvalue weighted by Gasteiger charge is 2.47. The Balaban J connectivity index is 1.32. The summed E-state index contributed by atoms with van der Waals surface area (Å²) in [6.45, 7) is 8.52. The molecule has 1 unspecified atom stereocenters. The van der Waals surface area contributed by atoms with Gasteiger partial charge in [0.05, 0.1) is 7.11 Å². The minimum Gasteiger partial charge on any atom is -0.497 e. The predicted molar refractivity (Wildman–Crippen MR) is 166 cm³/mol. The molecule has 5 rings (SSSR count). The van der Waals surface area contributed by atoms with Crippen molar-refractivity contribution in [2.45, 2.75) is 69.3 Å². The van der Waals surface area contributed by atoms with E-state index >= 15 is 0 Å². The third kappa shape index (κ3) is 7.13. The molecule has 0 spiro atoms. The molecule has 1 saturated heterocycles. The van der Waals surface area contributed by atoms with Crippen LogP contribution < -0.4 is 4.74 Å². The lowest BCUT2D eigenvalue weighted by molar-refractivity contribution is 0.0519. The van der Waals surface area contributed by atoms with Gasteiger partial charge in [-0.05, 0) is 87.4 Å². The van der Waals surface area contributed by atoms with E-state index in [1.165, 1.54) is 29.5 Å². The molecule has 0 N–H and O–H groups in total. The van der Waals surface area contributed by atoms with E-state index in [2.05, 4.69) is 90.7 Å². The molecule has 1 aliphatic carbocycles. The second-order valence-corrected chi connectivity index (χ2v) is 12.2. The minimum atomic E-state index is -0.190. The second kappa shape index (κ2) is 13.1. The number of hydrogen-bond donors (Lipinski definition) is 0. The fourth-order valence-corrected chi connectivity index (χ4v) is 6.37. The molecule has 3 aromatic carbocycles. The maximum atomic E-state index is 13.5. The van der Waals surface area contributed by atoms with Crippen molar-refractivity contribution in [3.05, 3.63) is 102 Å². The van der Waals surface area contributed by atoms with E-state index in [1.54, 1.807) is 7.11 Å². The zero-order chi connectivity index (χ0) is 28.7. The SMILES string of the molecule is CCC(C)OC(=O)N(CCc1ccccc1)CC1(c2ccccc2)CCN(CC2(c3ccc(OC)cc3)CC2)CC1. The van der Waals surface area contributed by atoms with E-state index in [4.69, 9.17) is 9.47 Å². The number of carbonyl (C=O) groups excluding carboxylic acids is 1. The first-order valence-corrected chi connectivity index (χ1v) is 15.4. The quantitative estimate of drug-likeness (QED) is 0.237. The highest BCUT2D eigenvalue weighted by molar-refractivity contribution is 5.68. The van der Waals surface area contributed by atoms with Crippen LogP contribution in [0, 0.1) is 0 Å². The summed E-state index contributed by atoms with van der Waals surface area (Å²) in [6, 6.07) is 30.0. The number of nitrogens with zero attached hydrogens (tertiary/aromatic N) is 2. The van der Waals surface area contributed by atoms with Gasteiger partial charge in [-0.1, -0.05) is 79.7 Å². The normalized spacial score (nSPS) is 18.3. The van der Waals surface area contributed by atoms with Gasteiger partial charge in [0.15, 0.2) is 0 Å². The Morgan fingerprint density at radius 2 is 1.46 bits per heavy atom. The van der Waals surface area contributed by atoms with Gasteiger partial charge >= 0.3 is 6.09 Å². The highest BCUT2D eigenvalue weighted by atomic mass is 16.6. The summed E-state index contributed by atoms with van der Waals surface area (Å²) in [5.41, 5.74) is 4.17. The van der Waals surface area contributed by atoms with Crippen molar-refractivity contribution in [2.75, 3.05) is 39.8 Å². The van der Waals surface area contributed by atoms with Crippen LogP contribution in [0.4, 0.5) is 4.79 Å². The number of amides is 1. The van der Waals surface area contributed by atoms with E-state index in [1.807, 2.05) is 17.9 Å². The van der Waals surface area contributed by atoms with E-state index in [0.29, 0.717) is 13.1 Å². The Morgan fingerprint density at radius 3 is 2.05 bits per heavy atom. The van der Waals surface area contributed by atoms with Crippen LogP contribution in [0.15, 0.2) is 84.9 Å². The Hall–Kier alpha value is -3.31. The first kappa shape index (κ1) is 29.2. The van der Waals surface area contributed by atoms with Gasteiger partial charge in [0.2, 0.25) is 0 Å². The van der Waals surface area contributed by atoms with Crippen LogP contribution in [-0.2, 0) is 22.0 Å². The molecule has 1 saturated carbocycles. The number of likely N-dealkylation sites (tertiary alicyclic amines) is 1. The summed E-state index contributed by atoms with van der Waals surface area (Å²) in [6.07, 6.45) is 5.88. The van der Waals surface area contributed by atoms with Gasteiger partial charge in [-0.15, -0.1) is 0 Å². The molecule has 0 aromatic heterocycles. The summed E-state index contributed by atoms with van der Waals surface area (Å²) in [7, 11) is 1.72. The first-order valence-electron chi connectivity index (χ1n) is 15.4. The molecule has 1 atom stereocenters. The molecular weight excluding hydrogens is 508 g/mol. The topological polar surface area (TPSA) is 42.0 Å². The Labute approximate surface area is 246 Å². The number of rotatable bonds is 12. The number of hydrogen-bond acceptors (Lipinski definition) is 4. The highest BCUT2D eigenvalue weighted by Crippen LogP contribution is 2.50. The molecule has 1 amide bonds. The van der Waals surface area contributed by atoms with Gasteiger partial charge in [-0.3, -0.25) is 0 Å². The number of carbonyl (C=O) groups is 1. The van der Waals surface area contributed by atoms with Crippen LogP contribution in [0.3, 0.4) is 0 Å². The van der Waals surface area contributed by atoms with Gasteiger partial charge in [-0.25, -0.2) is 4.79 Å². The van der Waals surface area contributed by atoms with Gasteiger partial charge < -0.3 is 19.3 Å². The molecule has 1 aliphatic heterocycles. The van der Waals surface area contributed by atoms with Crippen molar-refractivity contribution in [3.63, 3.8) is 0 Å². The maximum absolute atomic E-state index is 13.5. The van der Waals surface area contributed by atoms with Crippen LogP contribution in [0.1, 0.15) is 62.6 Å². The van der Waals surface area contributed by atoms with Gasteiger partial charge in [-0.2, -0.15) is 0 Å². The molecule has 5 heteroatoms. The summed E-state index contributed by atoms with van der Waals surface area (Å²) in [5, 5.41) is 0. The number of methoxy groups -OCH3 is 1. The van der Waals surface area contributed by atoms with Crippen molar-refractivity contribution in [1.29, 1.82) is 0 Å². The second-order valence-electron chi connectivity index (χ2n) is 12.2. The Kier molecular flexibility index (Phi) is 9.34. The van der Waals surface area contributed by atoms with Crippen molar-refractivity contribution >= 4 is 6.09 Å². The smallest absolute Gasteiger partial charge is 0.410 e. The van der Waals surface area contributed by atoms with Crippen molar-refractivity contribution < 1.29 is 14.3 Å². The third-order valence-electron chi connectivity index (χ3n) is 9.42. The molecule has 218 valence electrons. The number of piperidine rings is 1. The predicted octanol–water partition coefficient (Wildman–Crippen LogP) is 7.24. The lowest BCUT2D eigenvalue weighted by Crippen LogP contribution is -2.52. The lowest BCUT2D eigenvalue weighted by atomic mass is 9.72. The molecule has 1 heterocycles. The summed E-state index contributed by atoms with van der Waals surface area (Å²) in [5.74, 6) is 0.916. The molecule has 0 bridgehead atoms. The van der Waals surface area contributed by atoms with Crippen molar-refractivity contribution in [1.82, 2.24) is 9.80 Å². The Bertz CT molecular complexity index is 1230. The van der Waals surface area contributed by atoms with E-state index in [-0.39, 0.29) is 23.0 Å². The van der Waals surface area contributed by atoms with Crippen LogP contribution in [0.25, 0.3) is 0 Å². The number of ether oxygens (including phenoxy) is 2. The van der Waals surface area contributed by atoms with Gasteiger partial charge in [0.1, 0.15) is 11.9 Å². The molecule has 3 aromatic rings. The monoisotopic (exact) mass is 554 g/mol. The zero-order valence-corrected chi connectivity index (χ0v) is 25.1. The summed E-state index contributed by atoms with van der Waals surface area (Å²) < 4.78 is 11.3. The van der Waals surface area contributed by atoms with E-state index in [0.717, 1.165) is 51.1 Å².